The molecule has 38 heavy (non-hydrogen) atoms. The number of nitrogens with zero attached hydrogens (tertiary/aromatic N) is 6. The quantitative estimate of drug-likeness (QED) is 0.475. The summed E-state index contributed by atoms with van der Waals surface area (Å²) in [4.78, 5) is 18.4. The number of carbonyl (C=O) groups excluding carboxylic acids is 1. The molecule has 10 nitrogen and oxygen atoms in total. The van der Waals surface area contributed by atoms with Crippen molar-refractivity contribution in [3.8, 4) is 17.2 Å². The average Bonchev–Trinajstić information content (AvgIpc) is 3.36. The van der Waals surface area contributed by atoms with Gasteiger partial charge in [0.05, 0.1) is 35.7 Å². The first-order valence-electron chi connectivity index (χ1n) is 13.2. The molecule has 0 saturated carbocycles. The van der Waals surface area contributed by atoms with Crippen molar-refractivity contribution in [2.75, 3.05) is 49.7 Å². The zero-order chi connectivity index (χ0) is 27.0. The third-order valence-corrected chi connectivity index (χ3v) is 7.98. The van der Waals surface area contributed by atoms with Crippen molar-refractivity contribution in [3.63, 3.8) is 0 Å². The number of aromatic nitrogens is 2. The second-order valence-corrected chi connectivity index (χ2v) is 10.5. The molecule has 1 unspecified atom stereocenters. The van der Waals surface area contributed by atoms with Crippen LogP contribution in [-0.2, 0) is 16.6 Å². The van der Waals surface area contributed by atoms with Crippen molar-refractivity contribution in [2.24, 2.45) is 7.05 Å². The minimum atomic E-state index is 0.0143. The third kappa shape index (κ3) is 4.86. The Hall–Kier alpha value is -3.84. The molecule has 1 aromatic heterocycles. The van der Waals surface area contributed by atoms with Gasteiger partial charge in [-0.2, -0.15) is 10.4 Å². The number of amidine groups is 1. The topological polar surface area (TPSA) is 114 Å². The van der Waals surface area contributed by atoms with Gasteiger partial charge >= 0.3 is 0 Å². The average molecular weight is 517 g/mol. The van der Waals surface area contributed by atoms with Gasteiger partial charge in [-0.05, 0) is 31.9 Å². The molecule has 0 spiro atoms. The van der Waals surface area contributed by atoms with Crippen LogP contribution in [-0.4, -0.2) is 78.4 Å². The van der Waals surface area contributed by atoms with E-state index in [0.717, 1.165) is 59.8 Å². The number of fused-ring (bicyclic) bond motifs is 1. The summed E-state index contributed by atoms with van der Waals surface area (Å²) in [6.07, 6.45) is 6.22. The number of nitriles is 1. The largest absolute Gasteiger partial charge is 0.385 e. The minimum absolute atomic E-state index is 0.0143. The highest BCUT2D eigenvalue weighted by Crippen LogP contribution is 2.41. The number of ether oxygens (including phenoxy) is 1. The van der Waals surface area contributed by atoms with E-state index in [9.17, 15) is 15.5 Å². The molecule has 10 heteroatoms. The summed E-state index contributed by atoms with van der Waals surface area (Å²) < 4.78 is 7.27. The molecule has 2 N–H and O–H groups in total. The van der Waals surface area contributed by atoms with Gasteiger partial charge in [0.25, 0.3) is 0 Å². The van der Waals surface area contributed by atoms with Gasteiger partial charge in [-0.15, -0.1) is 0 Å². The van der Waals surface area contributed by atoms with Gasteiger partial charge in [0.2, 0.25) is 5.91 Å². The molecule has 1 aromatic carbocycles. The standard InChI is InChI=1S/C28H36N8O2/c1-18-15-36(27-11-20(13-29)23(12-26(27)34(18)4)21-14-31-33(3)16-21)28(30)24-17-35(19(2)37)8-5-25(24)32-22-6-9-38-10-7-22/h11-12,14,16,18,22,30,32H,5-10,15,17H2,1-4H3. The Morgan fingerprint density at radius 1 is 1.24 bits per heavy atom. The van der Waals surface area contributed by atoms with Crippen molar-refractivity contribution in [1.82, 2.24) is 20.0 Å². The fraction of sp³-hybridized carbons (Fsp3) is 0.500. The minimum Gasteiger partial charge on any atom is -0.385 e. The molecule has 1 atom stereocenters. The predicted molar refractivity (Wildman–Crippen MR) is 147 cm³/mol. The highest BCUT2D eigenvalue weighted by molar-refractivity contribution is 6.11. The Morgan fingerprint density at radius 2 is 2.00 bits per heavy atom. The van der Waals surface area contributed by atoms with Crippen LogP contribution in [0.15, 0.2) is 35.8 Å². The summed E-state index contributed by atoms with van der Waals surface area (Å²) in [7, 11) is 3.92. The SMILES string of the molecule is CC(=O)N1CCC(NC2CCOCC2)=C(C(=N)N2CC(C)N(C)c3cc(-c4cnn(C)c4)c(C#N)cc32)C1. The number of benzene rings is 1. The summed E-state index contributed by atoms with van der Waals surface area (Å²) >= 11 is 0. The molecular formula is C28H36N8O2. The Morgan fingerprint density at radius 3 is 2.66 bits per heavy atom. The van der Waals surface area contributed by atoms with Gasteiger partial charge in [-0.1, -0.05) is 0 Å². The lowest BCUT2D eigenvalue weighted by atomic mass is 9.96. The molecule has 5 rings (SSSR count). The van der Waals surface area contributed by atoms with E-state index in [1.807, 2.05) is 35.2 Å². The lowest BCUT2D eigenvalue weighted by Gasteiger charge is -2.43. The van der Waals surface area contributed by atoms with Gasteiger partial charge in [-0.25, -0.2) is 0 Å². The van der Waals surface area contributed by atoms with E-state index in [0.29, 0.717) is 43.5 Å². The monoisotopic (exact) mass is 516 g/mol. The van der Waals surface area contributed by atoms with Crippen molar-refractivity contribution in [2.45, 2.75) is 45.2 Å². The maximum Gasteiger partial charge on any atom is 0.219 e. The van der Waals surface area contributed by atoms with E-state index < -0.39 is 0 Å². The van der Waals surface area contributed by atoms with Gasteiger partial charge < -0.3 is 24.8 Å². The van der Waals surface area contributed by atoms with Gasteiger partial charge in [0.1, 0.15) is 5.84 Å². The predicted octanol–water partition coefficient (Wildman–Crippen LogP) is 2.86. The number of carbonyl (C=O) groups is 1. The molecular weight excluding hydrogens is 480 g/mol. The Kier molecular flexibility index (Phi) is 7.13. The number of hydrogen-bond acceptors (Lipinski definition) is 7. The zero-order valence-electron chi connectivity index (χ0n) is 22.6. The summed E-state index contributed by atoms with van der Waals surface area (Å²) in [5.74, 6) is 0.394. The molecule has 0 bridgehead atoms. The maximum atomic E-state index is 12.3. The first-order valence-corrected chi connectivity index (χ1v) is 13.2. The van der Waals surface area contributed by atoms with E-state index in [4.69, 9.17) is 4.74 Å². The highest BCUT2D eigenvalue weighted by atomic mass is 16.5. The molecule has 0 aliphatic carbocycles. The Balaban J connectivity index is 1.56. The molecule has 3 aliphatic rings. The Labute approximate surface area is 224 Å². The number of hydrogen-bond donors (Lipinski definition) is 2. The van der Waals surface area contributed by atoms with Gasteiger partial charge in [0, 0.05) is 94.4 Å². The second kappa shape index (κ2) is 10.5. The van der Waals surface area contributed by atoms with E-state index in [-0.39, 0.29) is 11.9 Å². The van der Waals surface area contributed by atoms with Crippen LogP contribution >= 0.6 is 0 Å². The van der Waals surface area contributed by atoms with Crippen molar-refractivity contribution in [3.05, 3.63) is 41.4 Å². The zero-order valence-corrected chi connectivity index (χ0v) is 22.6. The van der Waals surface area contributed by atoms with Crippen molar-refractivity contribution < 1.29 is 9.53 Å². The maximum absolute atomic E-state index is 12.3. The van der Waals surface area contributed by atoms with Crippen molar-refractivity contribution >= 4 is 23.1 Å². The molecule has 2 aromatic rings. The number of nitrogens with one attached hydrogen (secondary N) is 2. The smallest absolute Gasteiger partial charge is 0.219 e. The van der Waals surface area contributed by atoms with Crippen LogP contribution < -0.4 is 15.1 Å². The number of rotatable bonds is 4. The van der Waals surface area contributed by atoms with E-state index in [1.54, 1.807) is 17.8 Å². The molecule has 200 valence electrons. The summed E-state index contributed by atoms with van der Waals surface area (Å²) in [6, 6.07) is 6.74. The van der Waals surface area contributed by atoms with Crippen LogP contribution in [0.5, 0.6) is 0 Å². The lowest BCUT2D eigenvalue weighted by molar-refractivity contribution is -0.128. The normalized spacial score (nSPS) is 20.3. The van der Waals surface area contributed by atoms with Crippen molar-refractivity contribution in [1.29, 1.82) is 10.7 Å². The molecule has 1 fully saturated rings. The molecule has 1 saturated heterocycles. The second-order valence-electron chi connectivity index (χ2n) is 10.5. The molecule has 3 aliphatic heterocycles. The summed E-state index contributed by atoms with van der Waals surface area (Å²) in [6.45, 7) is 6.84. The number of amides is 1. The number of aryl methyl sites for hydroxylation is 1. The van der Waals surface area contributed by atoms with Gasteiger partial charge in [-0.3, -0.25) is 14.9 Å². The molecule has 1 amide bonds. The van der Waals surface area contributed by atoms with E-state index >= 15 is 0 Å². The first-order chi connectivity index (χ1) is 18.3. The lowest BCUT2D eigenvalue weighted by Crippen LogP contribution is -2.51. The van der Waals surface area contributed by atoms with Gasteiger partial charge in [0.15, 0.2) is 0 Å². The fourth-order valence-corrected chi connectivity index (χ4v) is 5.56. The Bertz CT molecular complexity index is 1320. The van der Waals surface area contributed by atoms with Crippen LogP contribution in [0, 0.1) is 16.7 Å². The third-order valence-electron chi connectivity index (χ3n) is 7.98. The first kappa shape index (κ1) is 25.8. The van der Waals surface area contributed by atoms with Crippen LogP contribution in [0.3, 0.4) is 0 Å². The fourth-order valence-electron chi connectivity index (χ4n) is 5.56. The summed E-state index contributed by atoms with van der Waals surface area (Å²) in [5, 5.41) is 27.5. The van der Waals surface area contributed by atoms with E-state index in [1.165, 1.54) is 0 Å². The van der Waals surface area contributed by atoms with Crippen LogP contribution in [0.25, 0.3) is 11.1 Å². The summed E-state index contributed by atoms with van der Waals surface area (Å²) in [5.41, 5.74) is 5.93. The molecule has 4 heterocycles. The number of likely N-dealkylation sites (N-methyl/N-ethyl adjacent to an activating group) is 1. The highest BCUT2D eigenvalue weighted by Gasteiger charge is 2.34. The molecule has 0 radical (unpaired) electrons. The van der Waals surface area contributed by atoms with Crippen LogP contribution in [0.1, 0.15) is 38.7 Å². The van der Waals surface area contributed by atoms with E-state index in [2.05, 4.69) is 35.4 Å². The van der Waals surface area contributed by atoms with Crippen LogP contribution in [0.2, 0.25) is 0 Å². The van der Waals surface area contributed by atoms with Crippen LogP contribution in [0.4, 0.5) is 11.4 Å². The number of anilines is 2.